The van der Waals surface area contributed by atoms with Crippen molar-refractivity contribution < 1.29 is 14.4 Å². The third-order valence-electron chi connectivity index (χ3n) is 4.99. The van der Waals surface area contributed by atoms with Crippen molar-refractivity contribution in [3.05, 3.63) is 12.4 Å². The first-order valence-corrected chi connectivity index (χ1v) is 8.98. The highest BCUT2D eigenvalue weighted by atomic mass is 16.4. The van der Waals surface area contributed by atoms with Crippen molar-refractivity contribution in [2.24, 2.45) is 10.8 Å². The highest BCUT2D eigenvalue weighted by Gasteiger charge is 2.52. The molecule has 1 aliphatic rings. The molecule has 1 amide bonds. The normalized spacial score (nSPS) is 23.0. The van der Waals surface area contributed by atoms with Crippen molar-refractivity contribution in [3.8, 4) is 0 Å². The summed E-state index contributed by atoms with van der Waals surface area (Å²) in [5.74, 6) is 0. The Kier molecular flexibility index (Phi) is 5.29. The minimum absolute atomic E-state index is 0.0480. The Morgan fingerprint density at radius 2 is 1.42 bits per heavy atom. The highest BCUT2D eigenvalue weighted by molar-refractivity contribution is 5.56. The predicted molar refractivity (Wildman–Crippen MR) is 97.8 cm³/mol. The van der Waals surface area contributed by atoms with Crippen LogP contribution in [0.5, 0.6) is 0 Å². The molecule has 0 fully saturated rings. The van der Waals surface area contributed by atoms with Crippen LogP contribution in [0.3, 0.4) is 0 Å². The molecule has 0 radical (unpaired) electrons. The molecule has 0 saturated carbocycles. The zero-order valence-electron chi connectivity index (χ0n) is 17.5. The lowest BCUT2D eigenvalue weighted by atomic mass is 9.79. The zero-order valence-corrected chi connectivity index (χ0v) is 17.5. The molecule has 1 heterocycles. The molecule has 1 unspecified atom stereocenters. The predicted octanol–water partition coefficient (Wildman–Crippen LogP) is 4.32. The van der Waals surface area contributed by atoms with Crippen molar-refractivity contribution in [2.75, 3.05) is 6.67 Å². The van der Waals surface area contributed by atoms with Crippen molar-refractivity contribution in [1.29, 1.82) is 0 Å². The summed E-state index contributed by atoms with van der Waals surface area (Å²) in [7, 11) is 0. The van der Waals surface area contributed by atoms with Crippen molar-refractivity contribution >= 4 is 6.09 Å². The average molecular weight is 339 g/mol. The number of carboxylic acid groups (broad SMARTS) is 1. The van der Waals surface area contributed by atoms with Gasteiger partial charge < -0.3 is 14.8 Å². The Balaban J connectivity index is 3.15. The Morgan fingerprint density at radius 1 is 0.958 bits per heavy atom. The molecule has 0 aliphatic carbocycles. The van der Waals surface area contributed by atoms with E-state index in [0.717, 1.165) is 12.8 Å². The van der Waals surface area contributed by atoms with Gasteiger partial charge in [0.15, 0.2) is 6.67 Å². The van der Waals surface area contributed by atoms with Crippen LogP contribution in [0.2, 0.25) is 0 Å². The second-order valence-electron chi connectivity index (χ2n) is 11.1. The van der Waals surface area contributed by atoms with Gasteiger partial charge in [-0.15, -0.1) is 0 Å². The van der Waals surface area contributed by atoms with Gasteiger partial charge in [0.2, 0.25) is 0 Å². The number of hydrogen-bond donors (Lipinski definition) is 0. The number of carbonyl (C=O) groups is 1. The van der Waals surface area contributed by atoms with Gasteiger partial charge in [-0.25, -0.2) is 4.48 Å². The van der Waals surface area contributed by atoms with Crippen molar-refractivity contribution in [3.63, 3.8) is 0 Å². The average Bonchev–Trinajstić information content (AvgIpc) is 2.68. The van der Waals surface area contributed by atoms with Gasteiger partial charge >= 0.3 is 0 Å². The maximum Gasteiger partial charge on any atom is 0.264 e. The number of quaternary nitrogens is 1. The maximum atomic E-state index is 12.2. The van der Waals surface area contributed by atoms with Crippen LogP contribution >= 0.6 is 0 Å². The Hall–Kier alpha value is -1.03. The van der Waals surface area contributed by atoms with Crippen molar-refractivity contribution in [1.82, 2.24) is 4.90 Å². The van der Waals surface area contributed by atoms with Crippen LogP contribution in [-0.2, 0) is 0 Å². The first-order valence-electron chi connectivity index (χ1n) is 8.98. The van der Waals surface area contributed by atoms with E-state index in [0.29, 0.717) is 6.67 Å². The number of hydrogen-bond acceptors (Lipinski definition) is 3. The van der Waals surface area contributed by atoms with Gasteiger partial charge in [-0.1, -0.05) is 41.5 Å². The molecule has 0 spiro atoms. The lowest BCUT2D eigenvalue weighted by Gasteiger charge is -2.49. The number of rotatable bonds is 4. The fourth-order valence-electron chi connectivity index (χ4n) is 4.52. The summed E-state index contributed by atoms with van der Waals surface area (Å²) in [5, 5.41) is 12.2. The van der Waals surface area contributed by atoms with Crippen LogP contribution < -0.4 is 5.11 Å². The quantitative estimate of drug-likeness (QED) is 0.717. The van der Waals surface area contributed by atoms with E-state index < -0.39 is 11.6 Å². The largest absolute Gasteiger partial charge is 0.498 e. The number of amides is 1. The summed E-state index contributed by atoms with van der Waals surface area (Å²) < 4.78 is -0.141. The van der Waals surface area contributed by atoms with E-state index in [9.17, 15) is 9.90 Å². The molecule has 140 valence electrons. The van der Waals surface area contributed by atoms with E-state index in [2.05, 4.69) is 60.3 Å². The monoisotopic (exact) mass is 338 g/mol. The van der Waals surface area contributed by atoms with E-state index in [1.807, 2.05) is 26.2 Å². The van der Waals surface area contributed by atoms with Crippen LogP contribution in [0.15, 0.2) is 12.4 Å². The molecule has 0 aromatic carbocycles. The van der Waals surface area contributed by atoms with Crippen molar-refractivity contribution in [2.45, 2.75) is 93.2 Å². The Morgan fingerprint density at radius 3 is 1.79 bits per heavy atom. The Labute approximate surface area is 149 Å². The summed E-state index contributed by atoms with van der Waals surface area (Å²) in [6, 6.07) is 0. The van der Waals surface area contributed by atoms with Gasteiger partial charge in [0.05, 0.1) is 6.20 Å². The van der Waals surface area contributed by atoms with E-state index in [4.69, 9.17) is 0 Å². The molecule has 1 atom stereocenters. The van der Waals surface area contributed by atoms with Gasteiger partial charge in [0, 0.05) is 12.0 Å². The van der Waals surface area contributed by atoms with E-state index >= 15 is 0 Å². The second-order valence-corrected chi connectivity index (χ2v) is 11.1. The van der Waals surface area contributed by atoms with Gasteiger partial charge in [0.1, 0.15) is 11.7 Å². The smallest absolute Gasteiger partial charge is 0.264 e. The maximum absolute atomic E-state index is 12.2. The van der Waals surface area contributed by atoms with Gasteiger partial charge in [-0.2, -0.15) is 0 Å². The minimum Gasteiger partial charge on any atom is -0.498 e. The zero-order chi connectivity index (χ0) is 19.2. The lowest BCUT2D eigenvalue weighted by molar-refractivity contribution is -0.880. The van der Waals surface area contributed by atoms with Crippen LogP contribution in [0.1, 0.15) is 82.1 Å². The number of nitrogens with zero attached hydrogens (tertiary/aromatic N) is 2. The minimum atomic E-state index is -1.02. The molecule has 0 bridgehead atoms. The Bertz CT molecular complexity index is 507. The summed E-state index contributed by atoms with van der Waals surface area (Å²) in [6.07, 6.45) is 4.55. The van der Waals surface area contributed by atoms with E-state index in [1.54, 1.807) is 0 Å². The third-order valence-corrected chi connectivity index (χ3v) is 4.99. The number of carbonyl (C=O) groups excluding carboxylic acids is 1. The second kappa shape index (κ2) is 6.05. The molecule has 4 heteroatoms. The fraction of sp³-hybridized carbons (Fsp3) is 0.850. The molecule has 24 heavy (non-hydrogen) atoms. The molecule has 1 rings (SSSR count). The molecule has 0 aromatic rings. The summed E-state index contributed by atoms with van der Waals surface area (Å²) in [6.45, 7) is 22.0. The molecule has 0 N–H and O–H groups in total. The van der Waals surface area contributed by atoms with E-state index in [-0.39, 0.29) is 20.9 Å². The van der Waals surface area contributed by atoms with Crippen LogP contribution in [0.4, 0.5) is 4.79 Å². The lowest BCUT2D eigenvalue weighted by Crippen LogP contribution is -2.67. The molecule has 4 nitrogen and oxygen atoms in total. The standard InChI is InChI=1S/C20H38N2O2/c1-17(2,3)13-19(7,8)21-11-12-22(15-21,16(23)24)20(9,10)14-18(4,5)6/h11-12H,13-15H2,1-10H3. The SMILES string of the molecule is CC(C)(C)CC(C)(C)N1C=C[N+](C(=O)[O-])(C(C)(C)CC(C)(C)C)C1. The molecule has 1 aliphatic heterocycles. The molecular formula is C20H38N2O2. The summed E-state index contributed by atoms with van der Waals surface area (Å²) >= 11 is 0. The first-order chi connectivity index (χ1) is 10.4. The summed E-state index contributed by atoms with van der Waals surface area (Å²) in [5.41, 5.74) is -0.327. The molecule has 0 aromatic heterocycles. The van der Waals surface area contributed by atoms with Gasteiger partial charge in [-0.05, 0) is 44.9 Å². The fourth-order valence-corrected chi connectivity index (χ4v) is 4.52. The van der Waals surface area contributed by atoms with E-state index in [1.165, 1.54) is 0 Å². The third kappa shape index (κ3) is 4.53. The van der Waals surface area contributed by atoms with Crippen LogP contribution in [-0.4, -0.2) is 33.2 Å². The topological polar surface area (TPSA) is 43.4 Å². The summed E-state index contributed by atoms with van der Waals surface area (Å²) in [4.78, 5) is 14.4. The van der Waals surface area contributed by atoms with Crippen LogP contribution in [0, 0.1) is 10.8 Å². The molecular weight excluding hydrogens is 300 g/mol. The van der Waals surface area contributed by atoms with Gasteiger partial charge in [0.25, 0.3) is 6.09 Å². The van der Waals surface area contributed by atoms with Crippen LogP contribution in [0.25, 0.3) is 0 Å². The van der Waals surface area contributed by atoms with Gasteiger partial charge in [-0.3, -0.25) is 0 Å². The highest BCUT2D eigenvalue weighted by Crippen LogP contribution is 2.42. The first kappa shape index (κ1) is 21.0. The molecule has 0 saturated heterocycles.